The zero-order valence-electron chi connectivity index (χ0n) is 11.3. The molecule has 0 radical (unpaired) electrons. The van der Waals surface area contributed by atoms with Gasteiger partial charge in [-0.25, -0.2) is 0 Å². The van der Waals surface area contributed by atoms with Crippen molar-refractivity contribution in [3.05, 3.63) is 48.3 Å². The van der Waals surface area contributed by atoms with Gasteiger partial charge in [-0.3, -0.25) is 10.4 Å². The molecule has 104 valence electrons. The van der Waals surface area contributed by atoms with Gasteiger partial charge in [-0.05, 0) is 24.6 Å². The van der Waals surface area contributed by atoms with Crippen LogP contribution in [0.3, 0.4) is 0 Å². The highest BCUT2D eigenvalue weighted by molar-refractivity contribution is 5.93. The van der Waals surface area contributed by atoms with Crippen LogP contribution in [0.1, 0.15) is 19.0 Å². The first-order valence-corrected chi connectivity index (χ1v) is 6.41. The van der Waals surface area contributed by atoms with Crippen molar-refractivity contribution in [3.63, 3.8) is 0 Å². The van der Waals surface area contributed by atoms with Gasteiger partial charge < -0.3 is 15.2 Å². The summed E-state index contributed by atoms with van der Waals surface area (Å²) in [7, 11) is 0. The first-order valence-electron chi connectivity index (χ1n) is 6.41. The predicted molar refractivity (Wildman–Crippen MR) is 77.6 cm³/mol. The van der Waals surface area contributed by atoms with Crippen molar-refractivity contribution in [2.75, 3.05) is 6.61 Å². The zero-order chi connectivity index (χ0) is 14.4. The van der Waals surface area contributed by atoms with E-state index in [1.54, 1.807) is 18.3 Å². The van der Waals surface area contributed by atoms with Crippen molar-refractivity contribution >= 4 is 5.84 Å². The van der Waals surface area contributed by atoms with Gasteiger partial charge in [-0.2, -0.15) is 0 Å². The summed E-state index contributed by atoms with van der Waals surface area (Å²) in [4.78, 5) is 3.99. The molecule has 1 aromatic carbocycles. The Morgan fingerprint density at radius 3 is 2.70 bits per heavy atom. The molecule has 0 saturated carbocycles. The molecule has 5 nitrogen and oxygen atoms in total. The number of hydrogen-bond donors (Lipinski definition) is 2. The van der Waals surface area contributed by atoms with Crippen LogP contribution in [0.15, 0.2) is 42.6 Å². The zero-order valence-corrected chi connectivity index (χ0v) is 11.3. The first-order chi connectivity index (χ1) is 9.70. The molecule has 0 aliphatic heterocycles. The van der Waals surface area contributed by atoms with Gasteiger partial charge in [0.15, 0.2) is 11.5 Å². The number of nitrogens with one attached hydrogen (secondary N) is 1. The van der Waals surface area contributed by atoms with E-state index in [1.807, 2.05) is 31.2 Å². The molecular weight excluding hydrogens is 254 g/mol. The average Bonchev–Trinajstić information content (AvgIpc) is 2.46. The van der Waals surface area contributed by atoms with Gasteiger partial charge >= 0.3 is 0 Å². The van der Waals surface area contributed by atoms with Crippen molar-refractivity contribution in [3.8, 4) is 17.2 Å². The average molecular weight is 271 g/mol. The molecule has 2 aromatic rings. The Balaban J connectivity index is 2.21. The third-order valence-electron chi connectivity index (χ3n) is 2.55. The maximum absolute atomic E-state index is 7.38. The van der Waals surface area contributed by atoms with Crippen LogP contribution >= 0.6 is 0 Å². The molecule has 0 aliphatic carbocycles. The SMILES string of the molecule is CCCOc1ccccc1Oc1ccnc(C(=N)N)c1. The fourth-order valence-corrected chi connectivity index (χ4v) is 1.61. The third-order valence-corrected chi connectivity index (χ3v) is 2.55. The molecule has 0 bridgehead atoms. The standard InChI is InChI=1S/C15H17N3O2/c1-2-9-19-13-5-3-4-6-14(13)20-11-7-8-18-12(10-11)15(16)17/h3-8,10H,2,9H2,1H3,(H3,16,17). The molecular formula is C15H17N3O2. The molecule has 1 heterocycles. The third kappa shape index (κ3) is 3.47. The Kier molecular flexibility index (Phi) is 4.55. The Morgan fingerprint density at radius 1 is 1.25 bits per heavy atom. The van der Waals surface area contributed by atoms with Crippen LogP contribution in [-0.2, 0) is 0 Å². The minimum Gasteiger partial charge on any atom is -0.490 e. The summed E-state index contributed by atoms with van der Waals surface area (Å²) in [6.07, 6.45) is 2.49. The Hall–Kier alpha value is -2.56. The number of aromatic nitrogens is 1. The summed E-state index contributed by atoms with van der Waals surface area (Å²) in [6, 6.07) is 10.8. The second-order valence-electron chi connectivity index (χ2n) is 4.19. The van der Waals surface area contributed by atoms with E-state index >= 15 is 0 Å². The van der Waals surface area contributed by atoms with Gasteiger partial charge in [0.25, 0.3) is 0 Å². The number of nitrogens with two attached hydrogens (primary N) is 1. The molecule has 3 N–H and O–H groups in total. The molecule has 5 heteroatoms. The van der Waals surface area contributed by atoms with Crippen LogP contribution < -0.4 is 15.2 Å². The largest absolute Gasteiger partial charge is 0.490 e. The summed E-state index contributed by atoms with van der Waals surface area (Å²) in [5, 5.41) is 7.38. The second-order valence-corrected chi connectivity index (χ2v) is 4.19. The summed E-state index contributed by atoms with van der Waals surface area (Å²) >= 11 is 0. The van der Waals surface area contributed by atoms with Gasteiger partial charge in [0.05, 0.1) is 6.61 Å². The van der Waals surface area contributed by atoms with Crippen LogP contribution in [0.5, 0.6) is 17.2 Å². The number of amidine groups is 1. The van der Waals surface area contributed by atoms with E-state index in [0.29, 0.717) is 29.5 Å². The molecule has 0 spiro atoms. The Labute approximate surface area is 117 Å². The minimum absolute atomic E-state index is 0.0917. The maximum atomic E-state index is 7.38. The molecule has 0 unspecified atom stereocenters. The Morgan fingerprint density at radius 2 is 2.00 bits per heavy atom. The number of benzene rings is 1. The van der Waals surface area contributed by atoms with Crippen molar-refractivity contribution in [2.45, 2.75) is 13.3 Å². The highest BCUT2D eigenvalue weighted by Gasteiger charge is 2.07. The van der Waals surface area contributed by atoms with Crippen molar-refractivity contribution < 1.29 is 9.47 Å². The fraction of sp³-hybridized carbons (Fsp3) is 0.200. The first kappa shape index (κ1) is 13.9. The molecule has 1 aromatic heterocycles. The summed E-state index contributed by atoms with van der Waals surface area (Å²) in [5.74, 6) is 1.79. The monoisotopic (exact) mass is 271 g/mol. The van der Waals surface area contributed by atoms with E-state index in [1.165, 1.54) is 0 Å². The minimum atomic E-state index is -0.0917. The molecule has 0 fully saturated rings. The quantitative estimate of drug-likeness (QED) is 0.625. The predicted octanol–water partition coefficient (Wildman–Crippen LogP) is 2.95. The second kappa shape index (κ2) is 6.56. The van der Waals surface area contributed by atoms with Crippen LogP contribution in [0.2, 0.25) is 0 Å². The lowest BCUT2D eigenvalue weighted by Gasteiger charge is -2.12. The van der Waals surface area contributed by atoms with Gasteiger partial charge in [0, 0.05) is 12.3 Å². The van der Waals surface area contributed by atoms with Crippen LogP contribution in [0.4, 0.5) is 0 Å². The lowest BCUT2D eigenvalue weighted by atomic mass is 10.3. The fourth-order valence-electron chi connectivity index (χ4n) is 1.61. The van der Waals surface area contributed by atoms with Crippen molar-refractivity contribution in [2.24, 2.45) is 5.73 Å². The number of nitrogens with zero attached hydrogens (tertiary/aromatic N) is 1. The maximum Gasteiger partial charge on any atom is 0.169 e. The Bertz CT molecular complexity index is 599. The number of ether oxygens (including phenoxy) is 2. The number of pyridine rings is 1. The van der Waals surface area contributed by atoms with Crippen LogP contribution in [-0.4, -0.2) is 17.4 Å². The smallest absolute Gasteiger partial charge is 0.169 e. The molecule has 0 atom stereocenters. The van der Waals surface area contributed by atoms with Crippen LogP contribution in [0, 0.1) is 5.41 Å². The van der Waals surface area contributed by atoms with Gasteiger partial charge in [-0.15, -0.1) is 0 Å². The van der Waals surface area contributed by atoms with E-state index in [9.17, 15) is 0 Å². The normalized spacial score (nSPS) is 10.1. The molecule has 0 saturated heterocycles. The lowest BCUT2D eigenvalue weighted by molar-refractivity contribution is 0.302. The molecule has 20 heavy (non-hydrogen) atoms. The summed E-state index contributed by atoms with van der Waals surface area (Å²) in [6.45, 7) is 2.68. The lowest BCUT2D eigenvalue weighted by Crippen LogP contribution is -2.12. The number of rotatable bonds is 6. The highest BCUT2D eigenvalue weighted by atomic mass is 16.5. The van der Waals surface area contributed by atoms with E-state index in [0.717, 1.165) is 6.42 Å². The number of nitrogen functional groups attached to an aromatic ring is 1. The van der Waals surface area contributed by atoms with Gasteiger partial charge in [-0.1, -0.05) is 19.1 Å². The molecule has 0 aliphatic rings. The summed E-state index contributed by atoms with van der Waals surface area (Å²) < 4.78 is 11.4. The van der Waals surface area contributed by atoms with Crippen molar-refractivity contribution in [1.82, 2.24) is 4.98 Å². The van der Waals surface area contributed by atoms with Gasteiger partial charge in [0.1, 0.15) is 17.3 Å². The molecule has 0 amide bonds. The topological polar surface area (TPSA) is 81.2 Å². The van der Waals surface area contributed by atoms with E-state index < -0.39 is 0 Å². The highest BCUT2D eigenvalue weighted by Crippen LogP contribution is 2.31. The molecule has 2 rings (SSSR count). The number of hydrogen-bond acceptors (Lipinski definition) is 4. The summed E-state index contributed by atoms with van der Waals surface area (Å²) in [5.41, 5.74) is 5.80. The van der Waals surface area contributed by atoms with E-state index in [-0.39, 0.29) is 5.84 Å². The van der Waals surface area contributed by atoms with Gasteiger partial charge in [0.2, 0.25) is 0 Å². The van der Waals surface area contributed by atoms with E-state index in [2.05, 4.69) is 4.98 Å². The van der Waals surface area contributed by atoms with Crippen LogP contribution in [0.25, 0.3) is 0 Å². The van der Waals surface area contributed by atoms with Crippen molar-refractivity contribution in [1.29, 1.82) is 5.41 Å². The number of para-hydroxylation sites is 2. The van der Waals surface area contributed by atoms with E-state index in [4.69, 9.17) is 20.6 Å².